The van der Waals surface area contributed by atoms with E-state index in [1.54, 1.807) is 0 Å². The zero-order valence-corrected chi connectivity index (χ0v) is 25.5. The van der Waals surface area contributed by atoms with Gasteiger partial charge in [0.05, 0.1) is 13.2 Å². The highest BCUT2D eigenvalue weighted by molar-refractivity contribution is 6.64. The van der Waals surface area contributed by atoms with Crippen LogP contribution in [0.15, 0.2) is 0 Å². The average Bonchev–Trinajstić information content (AvgIpc) is 2.85. The summed E-state index contributed by atoms with van der Waals surface area (Å²) in [5.41, 5.74) is 0. The fourth-order valence-corrected chi connectivity index (χ4v) is 5.50. The zero-order chi connectivity index (χ0) is 26.6. The fraction of sp³-hybridized carbons (Fsp3) is 1.00. The molecule has 0 bridgehead atoms. The van der Waals surface area contributed by atoms with Crippen molar-refractivity contribution in [3.05, 3.63) is 0 Å². The van der Waals surface area contributed by atoms with Crippen LogP contribution >= 0.6 is 0 Å². The topological polar surface area (TPSA) is 71.4 Å². The quantitative estimate of drug-likeness (QED) is 0.0587. The molecule has 0 atom stereocenters. The first-order chi connectivity index (χ1) is 17.6. The third kappa shape index (κ3) is 27.0. The lowest BCUT2D eigenvalue weighted by atomic mass is 10.0. The summed E-state index contributed by atoms with van der Waals surface area (Å²) in [5, 5.41) is 18.1. The standard InChI is InChI=1S/C29H63NO5Si/c1-4-5-6-7-8-9-10-11-12-13-14-15-17-20-27-33-29-35-36(2,3)34-28-21-18-16-19-22-30(23-25-31)24-26-32/h31-32H,4-29H2,1-3H3. The van der Waals surface area contributed by atoms with E-state index in [0.29, 0.717) is 19.9 Å². The van der Waals surface area contributed by atoms with E-state index in [4.69, 9.17) is 23.8 Å². The van der Waals surface area contributed by atoms with Crippen molar-refractivity contribution in [3.63, 3.8) is 0 Å². The van der Waals surface area contributed by atoms with E-state index >= 15 is 0 Å². The Kier molecular flexibility index (Phi) is 28.0. The van der Waals surface area contributed by atoms with Gasteiger partial charge in [0.2, 0.25) is 0 Å². The van der Waals surface area contributed by atoms with Gasteiger partial charge in [-0.15, -0.1) is 0 Å². The second-order valence-corrected chi connectivity index (χ2v) is 14.1. The van der Waals surface area contributed by atoms with Crippen LogP contribution in [0.5, 0.6) is 0 Å². The van der Waals surface area contributed by atoms with Crippen LogP contribution in [0.1, 0.15) is 122 Å². The maximum absolute atomic E-state index is 9.05. The van der Waals surface area contributed by atoms with Crippen LogP contribution in [0.4, 0.5) is 0 Å². The van der Waals surface area contributed by atoms with Gasteiger partial charge in [-0.05, 0) is 38.9 Å². The van der Waals surface area contributed by atoms with Crippen molar-refractivity contribution >= 4 is 8.56 Å². The third-order valence-corrected chi connectivity index (χ3v) is 8.50. The number of aliphatic hydroxyl groups is 2. The second kappa shape index (κ2) is 28.0. The van der Waals surface area contributed by atoms with E-state index in [9.17, 15) is 0 Å². The summed E-state index contributed by atoms with van der Waals surface area (Å²) in [6.07, 6.45) is 23.6. The zero-order valence-electron chi connectivity index (χ0n) is 24.5. The lowest BCUT2D eigenvalue weighted by molar-refractivity contribution is -0.00933. The second-order valence-electron chi connectivity index (χ2n) is 10.7. The van der Waals surface area contributed by atoms with Gasteiger partial charge >= 0.3 is 8.56 Å². The Hall–Kier alpha value is -0.0231. The summed E-state index contributed by atoms with van der Waals surface area (Å²) in [6.45, 7) is 10.9. The molecule has 0 unspecified atom stereocenters. The summed E-state index contributed by atoms with van der Waals surface area (Å²) >= 11 is 0. The number of aliphatic hydroxyl groups excluding tert-OH is 2. The molecule has 0 saturated heterocycles. The molecule has 0 radical (unpaired) electrons. The van der Waals surface area contributed by atoms with E-state index in [-0.39, 0.29) is 13.2 Å². The highest BCUT2D eigenvalue weighted by Crippen LogP contribution is 2.13. The maximum Gasteiger partial charge on any atom is 0.333 e. The van der Waals surface area contributed by atoms with Crippen molar-refractivity contribution in [2.75, 3.05) is 52.9 Å². The average molecular weight is 534 g/mol. The Bertz CT molecular complexity index is 422. The molecule has 0 heterocycles. The molecule has 0 aromatic carbocycles. The summed E-state index contributed by atoms with van der Waals surface area (Å²) < 4.78 is 17.6. The van der Waals surface area contributed by atoms with E-state index < -0.39 is 8.56 Å². The van der Waals surface area contributed by atoms with Crippen LogP contribution < -0.4 is 0 Å². The lowest BCUT2D eigenvalue weighted by Gasteiger charge is -2.23. The third-order valence-electron chi connectivity index (χ3n) is 6.78. The molecule has 0 aromatic heterocycles. The molecule has 0 aliphatic heterocycles. The Morgan fingerprint density at radius 2 is 0.972 bits per heavy atom. The van der Waals surface area contributed by atoms with E-state index in [0.717, 1.165) is 51.9 Å². The molecule has 0 aliphatic rings. The molecule has 0 amide bonds. The summed E-state index contributed by atoms with van der Waals surface area (Å²) in [7, 11) is -2.11. The first kappa shape index (κ1) is 36.0. The van der Waals surface area contributed by atoms with Gasteiger partial charge in [0.1, 0.15) is 6.79 Å². The van der Waals surface area contributed by atoms with Crippen molar-refractivity contribution in [3.8, 4) is 0 Å². The predicted octanol–water partition coefficient (Wildman–Crippen LogP) is 7.02. The van der Waals surface area contributed by atoms with Crippen LogP contribution in [-0.2, 0) is 13.6 Å². The predicted molar refractivity (Wildman–Crippen MR) is 155 cm³/mol. The van der Waals surface area contributed by atoms with Gasteiger partial charge in [-0.2, -0.15) is 0 Å². The summed E-state index contributed by atoms with van der Waals surface area (Å²) in [4.78, 5) is 2.11. The van der Waals surface area contributed by atoms with Crippen LogP contribution in [0.2, 0.25) is 13.1 Å². The van der Waals surface area contributed by atoms with Gasteiger partial charge in [0.25, 0.3) is 0 Å². The number of hydrogen-bond donors (Lipinski definition) is 2. The van der Waals surface area contributed by atoms with E-state index in [1.807, 2.05) is 0 Å². The molecular formula is C29H63NO5Si. The molecule has 218 valence electrons. The normalized spacial score (nSPS) is 12.2. The maximum atomic E-state index is 9.05. The van der Waals surface area contributed by atoms with Gasteiger partial charge in [0, 0.05) is 26.3 Å². The molecule has 0 aliphatic carbocycles. The minimum Gasteiger partial charge on any atom is -0.395 e. The minimum atomic E-state index is -2.11. The van der Waals surface area contributed by atoms with Crippen molar-refractivity contribution in [2.45, 2.75) is 136 Å². The number of ether oxygens (including phenoxy) is 1. The molecule has 0 spiro atoms. The molecule has 0 saturated carbocycles. The van der Waals surface area contributed by atoms with Crippen LogP contribution in [-0.4, -0.2) is 76.5 Å². The number of nitrogens with zero attached hydrogens (tertiary/aromatic N) is 1. The van der Waals surface area contributed by atoms with Gasteiger partial charge in [-0.1, -0.05) is 103 Å². The Morgan fingerprint density at radius 1 is 0.528 bits per heavy atom. The fourth-order valence-electron chi connectivity index (χ4n) is 4.41. The molecule has 0 rings (SSSR count). The molecular weight excluding hydrogens is 470 g/mol. The Morgan fingerprint density at radius 3 is 1.47 bits per heavy atom. The largest absolute Gasteiger partial charge is 0.395 e. The van der Waals surface area contributed by atoms with Crippen molar-refractivity contribution < 1.29 is 23.8 Å². The molecule has 36 heavy (non-hydrogen) atoms. The molecule has 6 nitrogen and oxygen atoms in total. The SMILES string of the molecule is CCCCCCCCCCCCCCCCOCO[Si](C)(C)OCCCCCCN(CCO)CCO. The lowest BCUT2D eigenvalue weighted by Crippen LogP contribution is -2.36. The molecule has 7 heteroatoms. The highest BCUT2D eigenvalue weighted by Gasteiger charge is 2.24. The number of rotatable bonds is 30. The van der Waals surface area contributed by atoms with Gasteiger partial charge < -0.3 is 23.8 Å². The van der Waals surface area contributed by atoms with E-state index in [1.165, 1.54) is 83.5 Å². The van der Waals surface area contributed by atoms with Gasteiger partial charge in [-0.25, -0.2) is 0 Å². The van der Waals surface area contributed by atoms with Crippen molar-refractivity contribution in [2.24, 2.45) is 0 Å². The van der Waals surface area contributed by atoms with Crippen LogP contribution in [0.3, 0.4) is 0 Å². The Labute approximate surface area is 225 Å². The molecule has 2 N–H and O–H groups in total. The van der Waals surface area contributed by atoms with Crippen molar-refractivity contribution in [1.82, 2.24) is 4.90 Å². The van der Waals surface area contributed by atoms with Gasteiger partial charge in [-0.3, -0.25) is 4.90 Å². The Balaban J connectivity index is 3.38. The first-order valence-corrected chi connectivity index (χ1v) is 18.2. The van der Waals surface area contributed by atoms with Gasteiger partial charge in [0.15, 0.2) is 0 Å². The number of hydrogen-bond acceptors (Lipinski definition) is 6. The van der Waals surface area contributed by atoms with E-state index in [2.05, 4.69) is 24.9 Å². The minimum absolute atomic E-state index is 0.150. The van der Waals surface area contributed by atoms with Crippen LogP contribution in [0, 0.1) is 0 Å². The van der Waals surface area contributed by atoms with Crippen LogP contribution in [0.25, 0.3) is 0 Å². The summed E-state index contributed by atoms with van der Waals surface area (Å²) in [5.74, 6) is 0. The summed E-state index contributed by atoms with van der Waals surface area (Å²) in [6, 6.07) is 0. The monoisotopic (exact) mass is 533 g/mol. The first-order valence-electron chi connectivity index (χ1n) is 15.4. The smallest absolute Gasteiger partial charge is 0.333 e. The number of unbranched alkanes of at least 4 members (excludes halogenated alkanes) is 16. The molecule has 0 fully saturated rings. The van der Waals surface area contributed by atoms with Crippen molar-refractivity contribution in [1.29, 1.82) is 0 Å². The highest BCUT2D eigenvalue weighted by atomic mass is 28.4. The molecule has 0 aromatic rings.